The summed E-state index contributed by atoms with van der Waals surface area (Å²) in [6.07, 6.45) is 17.1. The highest BCUT2D eigenvalue weighted by Gasteiger charge is 2.41. The highest BCUT2D eigenvalue weighted by Crippen LogP contribution is 2.53. The van der Waals surface area contributed by atoms with Crippen LogP contribution in [0, 0.1) is 5.41 Å². The predicted molar refractivity (Wildman–Crippen MR) is 114 cm³/mol. The Kier molecular flexibility index (Phi) is 4.31. The van der Waals surface area contributed by atoms with Crippen LogP contribution in [0.15, 0.2) is 35.6 Å². The zero-order valence-corrected chi connectivity index (χ0v) is 16.3. The Morgan fingerprint density at radius 2 is 1.75 bits per heavy atom. The number of piperidine rings is 1. The monoisotopic (exact) mass is 373 g/mol. The fourth-order valence-electron chi connectivity index (χ4n) is 4.87. The van der Waals surface area contributed by atoms with Crippen LogP contribution >= 0.6 is 0 Å². The summed E-state index contributed by atoms with van der Waals surface area (Å²) >= 11 is 0. The molecule has 3 fully saturated rings. The van der Waals surface area contributed by atoms with E-state index in [0.29, 0.717) is 11.3 Å². The molecule has 5 rings (SSSR count). The van der Waals surface area contributed by atoms with Crippen molar-refractivity contribution in [2.24, 2.45) is 5.41 Å². The van der Waals surface area contributed by atoms with Crippen LogP contribution in [-0.2, 0) is 0 Å². The summed E-state index contributed by atoms with van der Waals surface area (Å²) in [6, 6.07) is 0. The summed E-state index contributed by atoms with van der Waals surface area (Å²) in [6.45, 7) is 10.2. The molecule has 0 amide bonds. The van der Waals surface area contributed by atoms with E-state index < -0.39 is 0 Å². The Bertz CT molecular complexity index is 922. The molecule has 1 saturated heterocycles. The molecule has 2 aromatic rings. The minimum Gasteiger partial charge on any atom is -0.360 e. The number of allylic oxidation sites excluding steroid dienone is 1. The summed E-state index contributed by atoms with van der Waals surface area (Å²) in [5, 5.41) is 8.02. The normalized spacial score (nSPS) is 20.6. The first-order valence-electron chi connectivity index (χ1n) is 10.4. The first-order chi connectivity index (χ1) is 13.7. The lowest BCUT2D eigenvalue weighted by atomic mass is 9.60. The molecule has 4 nitrogen and oxygen atoms in total. The van der Waals surface area contributed by atoms with E-state index in [1.54, 1.807) is 0 Å². The van der Waals surface area contributed by atoms with Crippen LogP contribution in [0.4, 0.5) is 0 Å². The zero-order valence-electron chi connectivity index (χ0n) is 16.3. The van der Waals surface area contributed by atoms with Crippen LogP contribution < -0.4 is 5.32 Å². The summed E-state index contributed by atoms with van der Waals surface area (Å²) in [5.41, 5.74) is 7.10. The third kappa shape index (κ3) is 2.96. The first-order valence-corrected chi connectivity index (χ1v) is 10.4. The second-order valence-corrected chi connectivity index (χ2v) is 8.59. The first kappa shape index (κ1) is 17.6. The van der Waals surface area contributed by atoms with Gasteiger partial charge in [-0.25, -0.2) is 0 Å². The number of rotatable bonds is 5. The fraction of sp³-hybridized carbons (Fsp3) is 0.417. The van der Waals surface area contributed by atoms with Crippen molar-refractivity contribution in [3.05, 3.63) is 53.6 Å². The van der Waals surface area contributed by atoms with Gasteiger partial charge in [0.2, 0.25) is 0 Å². The van der Waals surface area contributed by atoms with Gasteiger partial charge in [0.1, 0.15) is 11.5 Å². The van der Waals surface area contributed by atoms with E-state index in [1.807, 2.05) is 24.5 Å². The smallest absolute Gasteiger partial charge is 0.147 e. The van der Waals surface area contributed by atoms with Crippen molar-refractivity contribution in [1.29, 1.82) is 0 Å². The quantitative estimate of drug-likeness (QED) is 0.757. The lowest BCUT2D eigenvalue weighted by Gasteiger charge is -2.47. The molecule has 1 N–H and O–H groups in total. The van der Waals surface area contributed by atoms with Crippen molar-refractivity contribution in [2.45, 2.75) is 44.4 Å². The van der Waals surface area contributed by atoms with Crippen LogP contribution in [0.1, 0.15) is 66.9 Å². The summed E-state index contributed by atoms with van der Waals surface area (Å²) in [5.74, 6) is 1.57. The predicted octanol–water partition coefficient (Wildman–Crippen LogP) is 5.45. The molecule has 3 heterocycles. The van der Waals surface area contributed by atoms with Gasteiger partial charge in [0.25, 0.3) is 0 Å². The third-order valence-electron chi connectivity index (χ3n) is 6.60. The van der Waals surface area contributed by atoms with E-state index in [-0.39, 0.29) is 0 Å². The summed E-state index contributed by atoms with van der Waals surface area (Å²) < 4.78 is 5.89. The topological polar surface area (TPSA) is 51.0 Å². The van der Waals surface area contributed by atoms with E-state index in [9.17, 15) is 0 Å². The van der Waals surface area contributed by atoms with E-state index in [1.165, 1.54) is 49.7 Å². The van der Waals surface area contributed by atoms with Gasteiger partial charge >= 0.3 is 0 Å². The van der Waals surface area contributed by atoms with Gasteiger partial charge in [0, 0.05) is 40.6 Å². The van der Waals surface area contributed by atoms with Crippen LogP contribution in [-0.4, -0.2) is 23.2 Å². The van der Waals surface area contributed by atoms with Gasteiger partial charge < -0.3 is 9.84 Å². The maximum absolute atomic E-state index is 5.89. The number of pyridine rings is 1. The Balaban J connectivity index is 1.56. The highest BCUT2D eigenvalue weighted by molar-refractivity contribution is 5.85. The maximum atomic E-state index is 5.89. The average Bonchev–Trinajstić information content (AvgIpc) is 3.47. The number of nitrogens with zero attached hydrogens (tertiary/aromatic N) is 2. The van der Waals surface area contributed by atoms with Gasteiger partial charge in [-0.3, -0.25) is 4.98 Å². The standard InChI is InChI=1S/C24H27N3O/c1-3-17-14-26-15-18(4-2)21(17)22-20(23(28-27-22)19-5-6-19)11-16-12-24(13-16)7-9-25-10-8-24/h3-4,11,14-15,19,25H,1-2,5-10,12-13H2. The van der Waals surface area contributed by atoms with Gasteiger partial charge in [-0.15, -0.1) is 0 Å². The molecular formula is C24H27N3O. The number of aromatic nitrogens is 2. The Morgan fingerprint density at radius 3 is 2.36 bits per heavy atom. The molecule has 1 aliphatic heterocycles. The lowest BCUT2D eigenvalue weighted by Crippen LogP contribution is -2.42. The summed E-state index contributed by atoms with van der Waals surface area (Å²) in [7, 11) is 0. The lowest BCUT2D eigenvalue weighted by molar-refractivity contribution is 0.143. The van der Waals surface area contributed by atoms with E-state index in [0.717, 1.165) is 41.2 Å². The highest BCUT2D eigenvalue weighted by atomic mass is 16.5. The van der Waals surface area contributed by atoms with E-state index in [4.69, 9.17) is 4.52 Å². The number of nitrogens with one attached hydrogen (secondary N) is 1. The maximum Gasteiger partial charge on any atom is 0.147 e. The van der Waals surface area contributed by atoms with Gasteiger partial charge in [-0.2, -0.15) is 0 Å². The van der Waals surface area contributed by atoms with Crippen molar-refractivity contribution in [3.8, 4) is 11.3 Å². The van der Waals surface area contributed by atoms with Crippen LogP contribution in [0.2, 0.25) is 0 Å². The summed E-state index contributed by atoms with van der Waals surface area (Å²) in [4.78, 5) is 4.32. The molecule has 0 unspecified atom stereocenters. The van der Waals surface area contributed by atoms with Crippen LogP contribution in [0.5, 0.6) is 0 Å². The van der Waals surface area contributed by atoms with Crippen molar-refractivity contribution in [3.63, 3.8) is 0 Å². The van der Waals surface area contributed by atoms with Crippen molar-refractivity contribution < 1.29 is 4.52 Å². The largest absolute Gasteiger partial charge is 0.360 e. The second kappa shape index (κ2) is 6.85. The molecule has 0 radical (unpaired) electrons. The zero-order chi connectivity index (χ0) is 19.1. The Labute approximate surface area is 166 Å². The second-order valence-electron chi connectivity index (χ2n) is 8.59. The number of hydrogen-bond donors (Lipinski definition) is 1. The molecule has 0 atom stereocenters. The molecule has 4 heteroatoms. The fourth-order valence-corrected chi connectivity index (χ4v) is 4.87. The molecule has 2 aliphatic carbocycles. The molecule has 2 aromatic heterocycles. The molecular weight excluding hydrogens is 346 g/mol. The Hall–Kier alpha value is -2.46. The molecule has 0 aromatic carbocycles. The van der Waals surface area contributed by atoms with E-state index >= 15 is 0 Å². The van der Waals surface area contributed by atoms with E-state index in [2.05, 4.69) is 34.7 Å². The number of hydrogen-bond acceptors (Lipinski definition) is 4. The molecule has 0 bridgehead atoms. The van der Waals surface area contributed by atoms with Crippen LogP contribution in [0.3, 0.4) is 0 Å². The van der Waals surface area contributed by atoms with Gasteiger partial charge in [-0.05, 0) is 63.1 Å². The van der Waals surface area contributed by atoms with Crippen molar-refractivity contribution in [1.82, 2.24) is 15.5 Å². The third-order valence-corrected chi connectivity index (χ3v) is 6.60. The molecule has 1 spiro atoms. The molecule has 3 aliphatic rings. The SMILES string of the molecule is C=Cc1cncc(C=C)c1-c1noc(C2CC2)c1C=C1CC2(CCNCC2)C1. The van der Waals surface area contributed by atoms with Gasteiger partial charge in [0.05, 0.1) is 0 Å². The van der Waals surface area contributed by atoms with Gasteiger partial charge in [-0.1, -0.05) is 36.0 Å². The van der Waals surface area contributed by atoms with Crippen molar-refractivity contribution in [2.75, 3.05) is 13.1 Å². The minimum absolute atomic E-state index is 0.516. The average molecular weight is 374 g/mol. The molecule has 28 heavy (non-hydrogen) atoms. The Morgan fingerprint density at radius 1 is 1.07 bits per heavy atom. The molecule has 144 valence electrons. The van der Waals surface area contributed by atoms with Crippen molar-refractivity contribution >= 4 is 18.2 Å². The molecule has 2 saturated carbocycles. The van der Waals surface area contributed by atoms with Gasteiger partial charge in [0.15, 0.2) is 0 Å². The van der Waals surface area contributed by atoms with Crippen LogP contribution in [0.25, 0.3) is 29.5 Å². The minimum atomic E-state index is 0.516.